The van der Waals surface area contributed by atoms with E-state index in [1.165, 1.54) is 0 Å². The Kier molecular flexibility index (Phi) is 1.71. The molecule has 2 heterocycles. The van der Waals surface area contributed by atoms with Gasteiger partial charge in [0.05, 0.1) is 11.1 Å². The van der Waals surface area contributed by atoms with Gasteiger partial charge < -0.3 is 4.57 Å². The molecule has 4 heteroatoms. The van der Waals surface area contributed by atoms with Gasteiger partial charge in [-0.1, -0.05) is 11.6 Å². The molecule has 0 aliphatic heterocycles. The average molecular weight is 192 g/mol. The van der Waals surface area contributed by atoms with Gasteiger partial charge in [0.2, 0.25) is 0 Å². The summed E-state index contributed by atoms with van der Waals surface area (Å²) < 4.78 is 1.86. The van der Waals surface area contributed by atoms with Crippen LogP contribution in [0.4, 0.5) is 0 Å². The van der Waals surface area contributed by atoms with E-state index < -0.39 is 0 Å². The van der Waals surface area contributed by atoms with E-state index in [0.717, 1.165) is 5.52 Å². The molecule has 0 aromatic carbocycles. The first-order chi connectivity index (χ1) is 6.22. The van der Waals surface area contributed by atoms with Crippen LogP contribution in [-0.2, 0) is 7.05 Å². The number of nitrogens with zero attached hydrogens (tertiary/aromatic N) is 3. The second kappa shape index (κ2) is 2.75. The zero-order valence-electron chi connectivity index (χ0n) is 6.95. The van der Waals surface area contributed by atoms with Gasteiger partial charge in [0.1, 0.15) is 16.7 Å². The first-order valence-electron chi connectivity index (χ1n) is 3.74. The van der Waals surface area contributed by atoms with Crippen molar-refractivity contribution < 1.29 is 0 Å². The van der Waals surface area contributed by atoms with Crippen molar-refractivity contribution in [2.75, 3.05) is 0 Å². The lowest BCUT2D eigenvalue weighted by atomic mass is 10.3. The third-order valence-electron chi connectivity index (χ3n) is 1.92. The molecule has 13 heavy (non-hydrogen) atoms. The number of hydrogen-bond donors (Lipinski definition) is 0. The lowest BCUT2D eigenvalue weighted by molar-refractivity contribution is 0.966. The summed E-state index contributed by atoms with van der Waals surface area (Å²) in [5, 5.41) is 9.21. The Hall–Kier alpha value is -1.53. The molecule has 0 aliphatic carbocycles. The molecule has 0 saturated carbocycles. The van der Waals surface area contributed by atoms with Crippen molar-refractivity contribution in [1.29, 1.82) is 5.26 Å². The minimum atomic E-state index is 0.412. The van der Waals surface area contributed by atoms with E-state index in [4.69, 9.17) is 16.9 Å². The Labute approximate surface area is 80.2 Å². The topological polar surface area (TPSA) is 41.6 Å². The normalized spacial score (nSPS) is 10.2. The van der Waals surface area contributed by atoms with Crippen LogP contribution in [0.3, 0.4) is 0 Å². The zero-order chi connectivity index (χ0) is 9.42. The van der Waals surface area contributed by atoms with E-state index in [2.05, 4.69) is 11.1 Å². The second-order valence-corrected chi connectivity index (χ2v) is 3.15. The highest BCUT2D eigenvalue weighted by molar-refractivity contribution is 6.29. The minimum Gasteiger partial charge on any atom is -0.348 e. The monoisotopic (exact) mass is 191 g/mol. The summed E-state index contributed by atoms with van der Waals surface area (Å²) in [6.07, 6.45) is 1.74. The summed E-state index contributed by atoms with van der Waals surface area (Å²) in [6, 6.07) is 5.64. The fourth-order valence-corrected chi connectivity index (χ4v) is 1.46. The van der Waals surface area contributed by atoms with E-state index in [0.29, 0.717) is 16.2 Å². The summed E-state index contributed by atoms with van der Waals surface area (Å²) in [5.74, 6) is 0. The molecule has 2 rings (SSSR count). The highest BCUT2D eigenvalue weighted by Crippen LogP contribution is 2.19. The predicted octanol–water partition coefficient (Wildman–Crippen LogP) is 2.10. The van der Waals surface area contributed by atoms with Gasteiger partial charge >= 0.3 is 0 Å². The van der Waals surface area contributed by atoms with Crippen LogP contribution in [0.1, 0.15) is 5.56 Å². The second-order valence-electron chi connectivity index (χ2n) is 2.77. The number of pyridine rings is 1. The van der Waals surface area contributed by atoms with E-state index >= 15 is 0 Å². The minimum absolute atomic E-state index is 0.412. The Morgan fingerprint density at radius 2 is 2.31 bits per heavy atom. The number of halogens is 1. The van der Waals surface area contributed by atoms with Crippen LogP contribution in [0.2, 0.25) is 5.15 Å². The quantitative estimate of drug-likeness (QED) is 0.599. The van der Waals surface area contributed by atoms with Crippen molar-refractivity contribution in [3.05, 3.63) is 29.0 Å². The van der Waals surface area contributed by atoms with Crippen LogP contribution >= 0.6 is 11.6 Å². The first-order valence-corrected chi connectivity index (χ1v) is 4.12. The molecule has 0 fully saturated rings. The SMILES string of the molecule is Cn1cc(C#N)c2nc(Cl)ccc21. The molecule has 0 N–H and O–H groups in total. The van der Waals surface area contributed by atoms with Gasteiger partial charge in [-0.05, 0) is 12.1 Å². The van der Waals surface area contributed by atoms with Gasteiger partial charge in [0, 0.05) is 13.2 Å². The van der Waals surface area contributed by atoms with Crippen LogP contribution < -0.4 is 0 Å². The highest BCUT2D eigenvalue weighted by Gasteiger charge is 2.06. The molecular formula is C9H6ClN3. The van der Waals surface area contributed by atoms with Crippen LogP contribution in [0.25, 0.3) is 11.0 Å². The number of rotatable bonds is 0. The van der Waals surface area contributed by atoms with Crippen LogP contribution in [0, 0.1) is 11.3 Å². The van der Waals surface area contributed by atoms with E-state index in [9.17, 15) is 0 Å². The number of nitriles is 1. The summed E-state index contributed by atoms with van der Waals surface area (Å²) in [4.78, 5) is 4.09. The lowest BCUT2D eigenvalue weighted by Gasteiger charge is -1.94. The van der Waals surface area contributed by atoms with Crippen molar-refractivity contribution in [3.8, 4) is 6.07 Å². The third kappa shape index (κ3) is 1.16. The molecule has 64 valence electrons. The predicted molar refractivity (Wildman–Crippen MR) is 50.4 cm³/mol. The summed E-state index contributed by atoms with van der Waals surface area (Å²) in [5.41, 5.74) is 2.14. The summed E-state index contributed by atoms with van der Waals surface area (Å²) in [6.45, 7) is 0. The third-order valence-corrected chi connectivity index (χ3v) is 2.13. The lowest BCUT2D eigenvalue weighted by Crippen LogP contribution is -1.83. The standard InChI is InChI=1S/C9H6ClN3/c1-13-5-6(4-11)9-7(13)2-3-8(10)12-9/h2-3,5H,1H3. The summed E-state index contributed by atoms with van der Waals surface area (Å²) in [7, 11) is 1.87. The van der Waals surface area contributed by atoms with Gasteiger partial charge in [-0.15, -0.1) is 0 Å². The van der Waals surface area contributed by atoms with Gasteiger partial charge in [0.15, 0.2) is 0 Å². The van der Waals surface area contributed by atoms with Gasteiger partial charge in [-0.2, -0.15) is 5.26 Å². The number of aromatic nitrogens is 2. The van der Waals surface area contributed by atoms with Crippen molar-refractivity contribution in [3.63, 3.8) is 0 Å². The highest BCUT2D eigenvalue weighted by atomic mass is 35.5. The van der Waals surface area contributed by atoms with Crippen molar-refractivity contribution in [1.82, 2.24) is 9.55 Å². The van der Waals surface area contributed by atoms with E-state index in [1.54, 1.807) is 12.3 Å². The van der Waals surface area contributed by atoms with Crippen LogP contribution in [0.5, 0.6) is 0 Å². The smallest absolute Gasteiger partial charge is 0.129 e. The van der Waals surface area contributed by atoms with Crippen LogP contribution in [0.15, 0.2) is 18.3 Å². The van der Waals surface area contributed by atoms with E-state index in [1.807, 2.05) is 17.7 Å². The number of aryl methyl sites for hydroxylation is 1. The maximum absolute atomic E-state index is 8.79. The first kappa shape index (κ1) is 8.09. The molecule has 0 aliphatic rings. The summed E-state index contributed by atoms with van der Waals surface area (Å²) >= 11 is 5.73. The maximum atomic E-state index is 8.79. The zero-order valence-corrected chi connectivity index (χ0v) is 7.71. The van der Waals surface area contributed by atoms with Gasteiger partial charge in [-0.25, -0.2) is 4.98 Å². The fraction of sp³-hybridized carbons (Fsp3) is 0.111. The Morgan fingerprint density at radius 1 is 1.54 bits per heavy atom. The molecule has 2 aromatic heterocycles. The molecule has 0 unspecified atom stereocenters. The number of hydrogen-bond acceptors (Lipinski definition) is 2. The van der Waals surface area contributed by atoms with Crippen LogP contribution in [-0.4, -0.2) is 9.55 Å². The molecule has 0 atom stereocenters. The Balaban J connectivity index is 2.91. The molecule has 0 amide bonds. The van der Waals surface area contributed by atoms with Gasteiger partial charge in [-0.3, -0.25) is 0 Å². The van der Waals surface area contributed by atoms with E-state index in [-0.39, 0.29) is 0 Å². The maximum Gasteiger partial charge on any atom is 0.129 e. The van der Waals surface area contributed by atoms with Crippen molar-refractivity contribution >= 4 is 22.6 Å². The molecular weight excluding hydrogens is 186 g/mol. The molecule has 0 spiro atoms. The molecule has 3 nitrogen and oxygen atoms in total. The number of fused-ring (bicyclic) bond motifs is 1. The largest absolute Gasteiger partial charge is 0.348 e. The van der Waals surface area contributed by atoms with Gasteiger partial charge in [0.25, 0.3) is 0 Å². The average Bonchev–Trinajstić information content (AvgIpc) is 2.42. The Morgan fingerprint density at radius 3 is 3.00 bits per heavy atom. The fourth-order valence-electron chi connectivity index (χ4n) is 1.32. The molecule has 0 saturated heterocycles. The Bertz CT molecular complexity index is 507. The molecule has 0 radical (unpaired) electrons. The molecule has 0 bridgehead atoms. The van der Waals surface area contributed by atoms with Crippen molar-refractivity contribution in [2.45, 2.75) is 0 Å². The molecule has 2 aromatic rings. The van der Waals surface area contributed by atoms with Crippen molar-refractivity contribution in [2.24, 2.45) is 7.05 Å².